The Kier molecular flexibility index (Phi) is 3.09. The zero-order valence-electron chi connectivity index (χ0n) is 8.33. The lowest BCUT2D eigenvalue weighted by Crippen LogP contribution is -2.23. The quantitative estimate of drug-likeness (QED) is 0.672. The van der Waals surface area contributed by atoms with Crippen LogP contribution in [0.15, 0.2) is 11.1 Å². The van der Waals surface area contributed by atoms with Crippen LogP contribution in [0.4, 0.5) is 0 Å². The summed E-state index contributed by atoms with van der Waals surface area (Å²) < 4.78 is 4.82. The highest BCUT2D eigenvalue weighted by Gasteiger charge is 2.30. The van der Waals surface area contributed by atoms with Crippen LogP contribution in [0.5, 0.6) is 0 Å². The van der Waals surface area contributed by atoms with Gasteiger partial charge < -0.3 is 9.84 Å². The molecule has 1 aliphatic heterocycles. The van der Waals surface area contributed by atoms with Gasteiger partial charge in [-0.3, -0.25) is 0 Å². The minimum absolute atomic E-state index is 0.107. The number of esters is 1. The molecule has 0 aromatic carbocycles. The van der Waals surface area contributed by atoms with Gasteiger partial charge in [-0.15, -0.1) is 0 Å². The zero-order valence-corrected chi connectivity index (χ0v) is 8.33. The molecule has 1 N–H and O–H groups in total. The summed E-state index contributed by atoms with van der Waals surface area (Å²) in [6.07, 6.45) is 0.186. The summed E-state index contributed by atoms with van der Waals surface area (Å²) in [6.45, 7) is 6.08. The van der Waals surface area contributed by atoms with E-state index in [4.69, 9.17) is 4.74 Å². The summed E-state index contributed by atoms with van der Waals surface area (Å²) in [4.78, 5) is 11.2. The van der Waals surface area contributed by atoms with Gasteiger partial charge in [0, 0.05) is 0 Å². The Morgan fingerprint density at radius 1 is 1.62 bits per heavy atom. The molecule has 3 nitrogen and oxygen atoms in total. The van der Waals surface area contributed by atoms with Gasteiger partial charge in [-0.1, -0.05) is 20.3 Å². The topological polar surface area (TPSA) is 46.5 Å². The molecule has 0 amide bonds. The maximum atomic E-state index is 11.2. The van der Waals surface area contributed by atoms with E-state index in [1.807, 2.05) is 20.8 Å². The Hall–Kier alpha value is -0.830. The van der Waals surface area contributed by atoms with E-state index < -0.39 is 6.10 Å². The van der Waals surface area contributed by atoms with Crippen molar-refractivity contribution >= 4 is 5.97 Å². The van der Waals surface area contributed by atoms with Crippen LogP contribution in [0, 0.1) is 5.92 Å². The van der Waals surface area contributed by atoms with Crippen LogP contribution in [-0.4, -0.2) is 23.8 Å². The van der Waals surface area contributed by atoms with Crippen molar-refractivity contribution in [3.8, 4) is 0 Å². The van der Waals surface area contributed by atoms with Crippen molar-refractivity contribution in [1.29, 1.82) is 0 Å². The fourth-order valence-corrected chi connectivity index (χ4v) is 1.38. The van der Waals surface area contributed by atoms with Crippen LogP contribution >= 0.6 is 0 Å². The van der Waals surface area contributed by atoms with Crippen LogP contribution in [0.25, 0.3) is 0 Å². The summed E-state index contributed by atoms with van der Waals surface area (Å²) in [5.41, 5.74) is 1.33. The fourth-order valence-electron chi connectivity index (χ4n) is 1.38. The Morgan fingerprint density at radius 2 is 2.23 bits per heavy atom. The van der Waals surface area contributed by atoms with Crippen LogP contribution in [0.3, 0.4) is 0 Å². The van der Waals surface area contributed by atoms with Gasteiger partial charge in [-0.25, -0.2) is 4.79 Å². The molecule has 1 rings (SSSR count). The van der Waals surface area contributed by atoms with Gasteiger partial charge >= 0.3 is 5.97 Å². The monoisotopic (exact) mass is 184 g/mol. The largest absolute Gasteiger partial charge is 0.458 e. The molecule has 0 saturated carbocycles. The first-order chi connectivity index (χ1) is 6.07. The standard InChI is InChI=1S/C10H16O3/c1-4-6(2)9(11)8-7(3)5-13-10(8)12/h6,9,11H,4-5H2,1-3H3/t6-,9+/m0/s1. The van der Waals surface area contributed by atoms with Crippen molar-refractivity contribution in [2.75, 3.05) is 6.61 Å². The Labute approximate surface area is 78.4 Å². The van der Waals surface area contributed by atoms with Gasteiger partial charge in [0.15, 0.2) is 0 Å². The lowest BCUT2D eigenvalue weighted by molar-refractivity contribution is -0.137. The number of rotatable bonds is 3. The predicted molar refractivity (Wildman–Crippen MR) is 49.1 cm³/mol. The van der Waals surface area contributed by atoms with Crippen molar-refractivity contribution in [3.63, 3.8) is 0 Å². The number of hydrogen-bond donors (Lipinski definition) is 1. The van der Waals surface area contributed by atoms with E-state index >= 15 is 0 Å². The molecule has 2 atom stereocenters. The molecule has 1 aliphatic rings. The minimum Gasteiger partial charge on any atom is -0.458 e. The number of hydrogen-bond acceptors (Lipinski definition) is 3. The third-order valence-corrected chi connectivity index (χ3v) is 2.58. The molecule has 0 bridgehead atoms. The van der Waals surface area contributed by atoms with E-state index in [1.165, 1.54) is 0 Å². The average Bonchev–Trinajstić information content (AvgIpc) is 2.44. The molecular formula is C10H16O3. The molecule has 0 aromatic rings. The summed E-state index contributed by atoms with van der Waals surface area (Å²) in [5.74, 6) is -0.249. The van der Waals surface area contributed by atoms with E-state index in [-0.39, 0.29) is 11.9 Å². The Bertz CT molecular complexity index is 243. The second-order valence-electron chi connectivity index (χ2n) is 3.60. The van der Waals surface area contributed by atoms with Crippen LogP contribution in [0.1, 0.15) is 27.2 Å². The van der Waals surface area contributed by atoms with Crippen molar-refractivity contribution in [2.45, 2.75) is 33.3 Å². The fraction of sp³-hybridized carbons (Fsp3) is 0.700. The number of ether oxygens (including phenoxy) is 1. The highest BCUT2D eigenvalue weighted by Crippen LogP contribution is 2.24. The van der Waals surface area contributed by atoms with Gasteiger partial charge in [-0.05, 0) is 18.4 Å². The number of cyclic esters (lactones) is 1. The van der Waals surface area contributed by atoms with E-state index in [1.54, 1.807) is 0 Å². The SMILES string of the molecule is CC[C@H](C)[C@@H](O)C1=C(C)COC1=O. The molecule has 74 valence electrons. The molecule has 0 fully saturated rings. The van der Waals surface area contributed by atoms with Gasteiger partial charge in [0.25, 0.3) is 0 Å². The summed E-state index contributed by atoms with van der Waals surface area (Å²) in [5, 5.41) is 9.80. The molecule has 1 heterocycles. The van der Waals surface area contributed by atoms with Crippen molar-refractivity contribution < 1.29 is 14.6 Å². The Morgan fingerprint density at radius 3 is 2.62 bits per heavy atom. The second kappa shape index (κ2) is 3.92. The molecule has 13 heavy (non-hydrogen) atoms. The predicted octanol–water partition coefficient (Wildman–Crippen LogP) is 1.27. The van der Waals surface area contributed by atoms with Gasteiger partial charge in [0.2, 0.25) is 0 Å². The Balaban J connectivity index is 2.81. The maximum Gasteiger partial charge on any atom is 0.337 e. The molecule has 3 heteroatoms. The van der Waals surface area contributed by atoms with Crippen LogP contribution < -0.4 is 0 Å². The first-order valence-corrected chi connectivity index (χ1v) is 4.62. The molecule has 0 aliphatic carbocycles. The van der Waals surface area contributed by atoms with Gasteiger partial charge in [0.05, 0.1) is 11.7 Å². The third kappa shape index (κ3) is 1.91. The van der Waals surface area contributed by atoms with Gasteiger partial charge in [0.1, 0.15) is 6.61 Å². The molecule has 0 radical (unpaired) electrons. The first kappa shape index (κ1) is 10.3. The molecule has 0 unspecified atom stereocenters. The first-order valence-electron chi connectivity index (χ1n) is 4.62. The number of carbonyl (C=O) groups excluding carboxylic acids is 1. The highest BCUT2D eigenvalue weighted by atomic mass is 16.5. The third-order valence-electron chi connectivity index (χ3n) is 2.58. The summed E-state index contributed by atoms with van der Waals surface area (Å²) >= 11 is 0. The maximum absolute atomic E-state index is 11.2. The number of aliphatic hydroxyl groups is 1. The lowest BCUT2D eigenvalue weighted by Gasteiger charge is -2.16. The number of aliphatic hydroxyl groups excluding tert-OH is 1. The minimum atomic E-state index is -0.667. The summed E-state index contributed by atoms with van der Waals surface area (Å²) in [6, 6.07) is 0. The second-order valence-corrected chi connectivity index (χ2v) is 3.60. The molecule has 0 spiro atoms. The average molecular weight is 184 g/mol. The van der Waals surface area contributed by atoms with E-state index in [2.05, 4.69) is 0 Å². The number of carbonyl (C=O) groups is 1. The smallest absolute Gasteiger partial charge is 0.337 e. The van der Waals surface area contributed by atoms with Crippen molar-refractivity contribution in [1.82, 2.24) is 0 Å². The molecule has 0 aromatic heterocycles. The molecular weight excluding hydrogens is 168 g/mol. The highest BCUT2D eigenvalue weighted by molar-refractivity contribution is 5.92. The van der Waals surface area contributed by atoms with Gasteiger partial charge in [-0.2, -0.15) is 0 Å². The lowest BCUT2D eigenvalue weighted by atomic mass is 9.93. The van der Waals surface area contributed by atoms with E-state index in [9.17, 15) is 9.90 Å². The van der Waals surface area contributed by atoms with Crippen LogP contribution in [-0.2, 0) is 9.53 Å². The van der Waals surface area contributed by atoms with Crippen molar-refractivity contribution in [2.24, 2.45) is 5.92 Å². The van der Waals surface area contributed by atoms with E-state index in [0.717, 1.165) is 12.0 Å². The normalized spacial score (nSPS) is 21.7. The zero-order chi connectivity index (χ0) is 10.0. The molecule has 0 saturated heterocycles. The van der Waals surface area contributed by atoms with Crippen molar-refractivity contribution in [3.05, 3.63) is 11.1 Å². The van der Waals surface area contributed by atoms with E-state index in [0.29, 0.717) is 12.2 Å². The summed E-state index contributed by atoms with van der Waals surface area (Å²) in [7, 11) is 0. The van der Waals surface area contributed by atoms with Crippen LogP contribution in [0.2, 0.25) is 0 Å².